The minimum Gasteiger partial charge on any atom is -0.395 e. The van der Waals surface area contributed by atoms with Gasteiger partial charge in [0.05, 0.1) is 0 Å². The van der Waals surface area contributed by atoms with Gasteiger partial charge in [-0.25, -0.2) is 15.0 Å². The Hall–Kier alpha value is -2.14. The molecule has 4 rings (SSSR count). The van der Waals surface area contributed by atoms with E-state index in [0.717, 1.165) is 0 Å². The third-order valence-electron chi connectivity index (χ3n) is 2.95. The maximum Gasteiger partial charge on any atom is 0.586 e. The summed E-state index contributed by atoms with van der Waals surface area (Å²) in [6.07, 6.45) is -2.34. The molecule has 0 amide bonds. The van der Waals surface area contributed by atoms with Crippen LogP contribution < -0.4 is 15.2 Å². The van der Waals surface area contributed by atoms with Crippen LogP contribution in [0.5, 0.6) is 11.5 Å². The van der Waals surface area contributed by atoms with Gasteiger partial charge >= 0.3 is 6.29 Å². The molecule has 0 saturated carbocycles. The van der Waals surface area contributed by atoms with E-state index < -0.39 is 6.29 Å². The van der Waals surface area contributed by atoms with E-state index in [4.69, 9.17) is 5.73 Å². The number of nitrogens with two attached hydrogens (primary N) is 1. The molecule has 7 nitrogen and oxygen atoms in total. The van der Waals surface area contributed by atoms with Crippen LogP contribution in [-0.2, 0) is 0 Å². The van der Waals surface area contributed by atoms with Crippen molar-refractivity contribution in [3.63, 3.8) is 0 Å². The number of alkyl halides is 2. The fourth-order valence-electron chi connectivity index (χ4n) is 2.01. The topological polar surface area (TPSA) is 98.9 Å². The number of imidazole rings is 1. The van der Waals surface area contributed by atoms with Crippen LogP contribution in [0.1, 0.15) is 0 Å². The van der Waals surface area contributed by atoms with Gasteiger partial charge in [-0.2, -0.15) is 0 Å². The van der Waals surface area contributed by atoms with Crippen molar-refractivity contribution >= 4 is 44.7 Å². The molecule has 3 aromatic rings. The van der Waals surface area contributed by atoms with E-state index in [1.807, 2.05) is 0 Å². The highest BCUT2D eigenvalue weighted by molar-refractivity contribution is 9.10. The Morgan fingerprint density at radius 1 is 1.22 bits per heavy atom. The Balaban J connectivity index is 1.70. The summed E-state index contributed by atoms with van der Waals surface area (Å²) < 4.78 is 35.6. The summed E-state index contributed by atoms with van der Waals surface area (Å²) in [5.74, 6) is 0.171. The summed E-state index contributed by atoms with van der Waals surface area (Å²) in [7, 11) is 0. The Kier molecular flexibility index (Phi) is 3.10. The number of hydrogen-bond acceptors (Lipinski definition) is 7. The van der Waals surface area contributed by atoms with Crippen LogP contribution in [0, 0.1) is 0 Å². The predicted octanol–water partition coefficient (Wildman–Crippen LogP) is 3.17. The fourth-order valence-corrected chi connectivity index (χ4v) is 3.39. The van der Waals surface area contributed by atoms with Crippen molar-refractivity contribution in [2.75, 3.05) is 5.73 Å². The lowest BCUT2D eigenvalue weighted by atomic mass is 10.3. The lowest BCUT2D eigenvalue weighted by molar-refractivity contribution is -0.286. The van der Waals surface area contributed by atoms with E-state index in [0.29, 0.717) is 25.7 Å². The van der Waals surface area contributed by atoms with E-state index in [9.17, 15) is 8.78 Å². The summed E-state index contributed by atoms with van der Waals surface area (Å²) in [5, 5.41) is 0.485. The number of nitrogens with one attached hydrogen (secondary N) is 1. The first kappa shape index (κ1) is 14.5. The molecule has 0 unspecified atom stereocenters. The molecule has 0 atom stereocenters. The molecule has 0 fully saturated rings. The van der Waals surface area contributed by atoms with Crippen molar-refractivity contribution in [3.8, 4) is 11.5 Å². The summed E-state index contributed by atoms with van der Waals surface area (Å²) in [6.45, 7) is 0. The summed E-state index contributed by atoms with van der Waals surface area (Å²) >= 11 is 4.51. The standard InChI is InChI=1S/C12H6BrF2N5O2S/c13-4-1-5-6(22-12(14,15)21-5)2-7(4)23-11-19-8-9(16)17-3-18-10(8)20-11/h1-3H,(H3,16,17,18,19,20). The van der Waals surface area contributed by atoms with Gasteiger partial charge in [-0.1, -0.05) is 11.8 Å². The minimum atomic E-state index is -3.66. The molecule has 1 aliphatic heterocycles. The number of aromatic amines is 1. The lowest BCUT2D eigenvalue weighted by Gasteiger charge is -2.04. The minimum absolute atomic E-state index is 0.0362. The molecule has 2 aromatic heterocycles. The summed E-state index contributed by atoms with van der Waals surface area (Å²) in [4.78, 5) is 15.7. The maximum atomic E-state index is 13.1. The van der Waals surface area contributed by atoms with Gasteiger partial charge in [0, 0.05) is 9.37 Å². The summed E-state index contributed by atoms with van der Waals surface area (Å²) in [5.41, 5.74) is 6.66. The molecule has 1 aromatic carbocycles. The number of anilines is 1. The number of nitrogen functional groups attached to an aromatic ring is 1. The number of rotatable bonds is 2. The SMILES string of the molecule is Nc1ncnc2[nH]c(Sc3cc4c(cc3Br)OC(F)(F)O4)nc12. The monoisotopic (exact) mass is 401 g/mol. The zero-order chi connectivity index (χ0) is 16.2. The first-order valence-corrected chi connectivity index (χ1v) is 7.76. The van der Waals surface area contributed by atoms with Gasteiger partial charge < -0.3 is 20.2 Å². The van der Waals surface area contributed by atoms with Crippen molar-refractivity contribution in [1.82, 2.24) is 19.9 Å². The molecule has 11 heteroatoms. The van der Waals surface area contributed by atoms with Crippen LogP contribution in [0.15, 0.2) is 33.0 Å². The number of hydrogen-bond donors (Lipinski definition) is 2. The Bertz CT molecular complexity index is 935. The van der Waals surface area contributed by atoms with Crippen molar-refractivity contribution in [2.24, 2.45) is 0 Å². The van der Waals surface area contributed by atoms with Crippen LogP contribution in [0.25, 0.3) is 11.2 Å². The number of nitrogens with zero attached hydrogens (tertiary/aromatic N) is 3. The quantitative estimate of drug-likeness (QED) is 0.679. The van der Waals surface area contributed by atoms with Crippen LogP contribution >= 0.6 is 27.7 Å². The molecular weight excluding hydrogens is 396 g/mol. The molecule has 0 radical (unpaired) electrons. The van der Waals surface area contributed by atoms with Gasteiger partial charge in [-0.15, -0.1) is 8.78 Å². The maximum absolute atomic E-state index is 13.1. The van der Waals surface area contributed by atoms with Gasteiger partial charge in [0.2, 0.25) is 0 Å². The van der Waals surface area contributed by atoms with Crippen molar-refractivity contribution in [2.45, 2.75) is 16.3 Å². The molecule has 0 bridgehead atoms. The first-order valence-electron chi connectivity index (χ1n) is 6.15. The van der Waals surface area contributed by atoms with Crippen LogP contribution in [-0.4, -0.2) is 26.2 Å². The zero-order valence-electron chi connectivity index (χ0n) is 11.0. The van der Waals surface area contributed by atoms with E-state index in [2.05, 4.69) is 45.3 Å². The molecule has 1 aliphatic rings. The second kappa shape index (κ2) is 4.93. The van der Waals surface area contributed by atoms with Gasteiger partial charge in [0.15, 0.2) is 33.6 Å². The fraction of sp³-hybridized carbons (Fsp3) is 0.0833. The molecule has 0 spiro atoms. The second-order valence-electron chi connectivity index (χ2n) is 4.50. The largest absolute Gasteiger partial charge is 0.586 e. The number of benzene rings is 1. The van der Waals surface area contributed by atoms with E-state index in [1.165, 1.54) is 30.2 Å². The molecule has 0 aliphatic carbocycles. The highest BCUT2D eigenvalue weighted by Gasteiger charge is 2.43. The lowest BCUT2D eigenvalue weighted by Crippen LogP contribution is -2.25. The molecule has 23 heavy (non-hydrogen) atoms. The van der Waals surface area contributed by atoms with Crippen LogP contribution in [0.4, 0.5) is 14.6 Å². The molecule has 3 N–H and O–H groups in total. The third-order valence-corrected chi connectivity index (χ3v) is 4.81. The highest BCUT2D eigenvalue weighted by atomic mass is 79.9. The third kappa shape index (κ3) is 2.55. The van der Waals surface area contributed by atoms with Crippen molar-refractivity contribution < 1.29 is 18.3 Å². The highest BCUT2D eigenvalue weighted by Crippen LogP contribution is 2.46. The zero-order valence-corrected chi connectivity index (χ0v) is 13.4. The average Bonchev–Trinajstić information content (AvgIpc) is 2.99. The van der Waals surface area contributed by atoms with Gasteiger partial charge in [0.1, 0.15) is 6.33 Å². The van der Waals surface area contributed by atoms with Crippen molar-refractivity contribution in [3.05, 3.63) is 22.9 Å². The number of halogens is 3. The first-order chi connectivity index (χ1) is 10.9. The number of aromatic nitrogens is 4. The molecule has 3 heterocycles. The van der Waals surface area contributed by atoms with Gasteiger partial charge in [-0.3, -0.25) is 0 Å². The smallest absolute Gasteiger partial charge is 0.395 e. The summed E-state index contributed by atoms with van der Waals surface area (Å²) in [6, 6.07) is 2.85. The Morgan fingerprint density at radius 3 is 2.70 bits per heavy atom. The van der Waals surface area contributed by atoms with Crippen molar-refractivity contribution in [1.29, 1.82) is 0 Å². The molecule has 118 valence electrons. The Morgan fingerprint density at radius 2 is 1.96 bits per heavy atom. The van der Waals surface area contributed by atoms with Crippen LogP contribution in [0.2, 0.25) is 0 Å². The molecule has 0 saturated heterocycles. The number of H-pyrrole nitrogens is 1. The van der Waals surface area contributed by atoms with E-state index in [-0.39, 0.29) is 17.3 Å². The van der Waals surface area contributed by atoms with E-state index in [1.54, 1.807) is 0 Å². The second-order valence-corrected chi connectivity index (χ2v) is 6.38. The predicted molar refractivity (Wildman–Crippen MR) is 80.6 cm³/mol. The molecular formula is C12H6BrF2N5O2S. The van der Waals surface area contributed by atoms with Gasteiger partial charge in [0.25, 0.3) is 0 Å². The normalized spacial score (nSPS) is 15.3. The van der Waals surface area contributed by atoms with Crippen LogP contribution in [0.3, 0.4) is 0 Å². The number of fused-ring (bicyclic) bond motifs is 2. The van der Waals surface area contributed by atoms with E-state index >= 15 is 0 Å². The average molecular weight is 402 g/mol. The number of ether oxygens (including phenoxy) is 2. The van der Waals surface area contributed by atoms with Gasteiger partial charge in [-0.05, 0) is 28.1 Å². The Labute approximate surface area is 139 Å².